The molecule has 2 heterocycles. The van der Waals surface area contributed by atoms with Gasteiger partial charge in [-0.2, -0.15) is 0 Å². The van der Waals surface area contributed by atoms with Crippen LogP contribution in [-0.4, -0.2) is 19.9 Å². The second-order valence-corrected chi connectivity index (χ2v) is 4.41. The number of hydrogen-bond donors (Lipinski definition) is 4. The molecule has 0 aliphatic carbocycles. The van der Waals surface area contributed by atoms with Gasteiger partial charge in [-0.25, -0.2) is 9.59 Å². The van der Waals surface area contributed by atoms with Gasteiger partial charge in [0.15, 0.2) is 0 Å². The molecule has 0 aliphatic rings. The van der Waals surface area contributed by atoms with Crippen LogP contribution in [0.4, 0.5) is 0 Å². The van der Waals surface area contributed by atoms with Crippen LogP contribution in [0.3, 0.4) is 0 Å². The SMILES string of the molecule is O=c1[nH]cc(Cl)c(=O)[nH]1.O=c1[nH]cc(I)c(=O)[nH]1. The molecule has 10 heteroatoms. The number of nitrogens with one attached hydrogen (secondary N) is 4. The number of H-pyrrole nitrogens is 4. The van der Waals surface area contributed by atoms with E-state index in [-0.39, 0.29) is 10.6 Å². The van der Waals surface area contributed by atoms with Crippen LogP contribution in [0, 0.1) is 3.57 Å². The molecule has 18 heavy (non-hydrogen) atoms. The highest BCUT2D eigenvalue weighted by Gasteiger charge is 1.91. The van der Waals surface area contributed by atoms with Crippen molar-refractivity contribution in [2.24, 2.45) is 0 Å². The average Bonchev–Trinajstić information content (AvgIpc) is 2.30. The molecule has 96 valence electrons. The molecule has 0 aromatic carbocycles. The Balaban J connectivity index is 0.000000180. The lowest BCUT2D eigenvalue weighted by Gasteiger charge is -1.82. The van der Waals surface area contributed by atoms with Gasteiger partial charge in [-0.15, -0.1) is 0 Å². The van der Waals surface area contributed by atoms with Gasteiger partial charge in [-0.1, -0.05) is 11.6 Å². The Hall–Kier alpha value is -1.62. The van der Waals surface area contributed by atoms with Crippen LogP contribution in [-0.2, 0) is 0 Å². The van der Waals surface area contributed by atoms with Gasteiger partial charge in [0.1, 0.15) is 5.02 Å². The third-order valence-electron chi connectivity index (χ3n) is 1.55. The summed E-state index contributed by atoms with van der Waals surface area (Å²) in [5.41, 5.74) is -1.94. The van der Waals surface area contributed by atoms with Crippen molar-refractivity contribution in [2.75, 3.05) is 0 Å². The van der Waals surface area contributed by atoms with E-state index >= 15 is 0 Å². The molecule has 0 fully saturated rings. The molecule has 0 saturated heterocycles. The smallest absolute Gasteiger partial charge is 0.313 e. The first-order valence-electron chi connectivity index (χ1n) is 4.35. The Morgan fingerprint density at radius 3 is 1.78 bits per heavy atom. The van der Waals surface area contributed by atoms with Crippen LogP contribution >= 0.6 is 34.2 Å². The Kier molecular flexibility index (Phi) is 5.09. The lowest BCUT2D eigenvalue weighted by atomic mass is 10.7. The summed E-state index contributed by atoms with van der Waals surface area (Å²) in [6.45, 7) is 0. The zero-order chi connectivity index (χ0) is 13.7. The van der Waals surface area contributed by atoms with Gasteiger partial charge in [0.05, 0.1) is 3.57 Å². The fourth-order valence-electron chi connectivity index (χ4n) is 0.787. The second kappa shape index (κ2) is 6.35. The van der Waals surface area contributed by atoms with Crippen molar-refractivity contribution < 1.29 is 0 Å². The van der Waals surface area contributed by atoms with E-state index in [2.05, 4.69) is 15.0 Å². The van der Waals surface area contributed by atoms with E-state index in [4.69, 9.17) is 11.6 Å². The van der Waals surface area contributed by atoms with E-state index in [1.165, 1.54) is 6.20 Å². The predicted molar refractivity (Wildman–Crippen MR) is 73.1 cm³/mol. The summed E-state index contributed by atoms with van der Waals surface area (Å²) in [7, 11) is 0. The van der Waals surface area contributed by atoms with Crippen LogP contribution < -0.4 is 22.5 Å². The fraction of sp³-hybridized carbons (Fsp3) is 0. The second-order valence-electron chi connectivity index (χ2n) is 2.84. The van der Waals surface area contributed by atoms with Crippen molar-refractivity contribution in [1.29, 1.82) is 0 Å². The molecule has 0 atom stereocenters. The standard InChI is InChI=1S/C4H3ClN2O2.C4H3IN2O2/c2*5-2-1-6-4(9)7-3(2)8/h2*1H,(H2,6,7,8,9). The van der Waals surface area contributed by atoms with Crippen LogP contribution in [0.1, 0.15) is 0 Å². The van der Waals surface area contributed by atoms with E-state index in [0.29, 0.717) is 3.57 Å². The quantitative estimate of drug-likeness (QED) is 0.451. The number of hydrogen-bond acceptors (Lipinski definition) is 4. The van der Waals surface area contributed by atoms with Gasteiger partial charge in [0.2, 0.25) is 0 Å². The van der Waals surface area contributed by atoms with Gasteiger partial charge in [-0.3, -0.25) is 19.6 Å². The molecule has 0 radical (unpaired) electrons. The van der Waals surface area contributed by atoms with E-state index in [1.807, 2.05) is 27.6 Å². The average molecular weight is 385 g/mol. The van der Waals surface area contributed by atoms with Gasteiger partial charge in [0, 0.05) is 12.4 Å². The maximum absolute atomic E-state index is 10.6. The summed E-state index contributed by atoms with van der Waals surface area (Å²) < 4.78 is 0.479. The lowest BCUT2D eigenvalue weighted by molar-refractivity contribution is 1.02. The number of halogens is 2. The molecule has 2 rings (SSSR count). The van der Waals surface area contributed by atoms with Gasteiger partial charge in [0.25, 0.3) is 11.1 Å². The molecule has 2 aromatic heterocycles. The minimum Gasteiger partial charge on any atom is -0.313 e. The maximum Gasteiger partial charge on any atom is 0.325 e. The Morgan fingerprint density at radius 2 is 1.39 bits per heavy atom. The highest BCUT2D eigenvalue weighted by Crippen LogP contribution is 1.90. The third kappa shape index (κ3) is 4.33. The first-order chi connectivity index (χ1) is 8.40. The van der Waals surface area contributed by atoms with E-state index in [1.54, 1.807) is 0 Å². The molecular weight excluding hydrogens is 378 g/mol. The largest absolute Gasteiger partial charge is 0.325 e. The van der Waals surface area contributed by atoms with E-state index in [9.17, 15) is 19.2 Å². The molecule has 0 aliphatic heterocycles. The Morgan fingerprint density at radius 1 is 0.889 bits per heavy atom. The molecule has 4 N–H and O–H groups in total. The van der Waals surface area contributed by atoms with Crippen molar-refractivity contribution in [3.05, 3.63) is 62.7 Å². The van der Waals surface area contributed by atoms with E-state index in [0.717, 1.165) is 6.20 Å². The van der Waals surface area contributed by atoms with Gasteiger partial charge in [-0.05, 0) is 22.6 Å². The fourth-order valence-corrected chi connectivity index (χ4v) is 1.18. The van der Waals surface area contributed by atoms with Crippen LogP contribution in [0.25, 0.3) is 0 Å². The third-order valence-corrected chi connectivity index (χ3v) is 2.63. The normalized spacial score (nSPS) is 9.44. The summed E-state index contributed by atoms with van der Waals surface area (Å²) in [6, 6.07) is 0. The van der Waals surface area contributed by atoms with Crippen molar-refractivity contribution in [3.8, 4) is 0 Å². The summed E-state index contributed by atoms with van der Waals surface area (Å²) >= 11 is 7.09. The first-order valence-corrected chi connectivity index (χ1v) is 5.81. The molecule has 0 spiro atoms. The summed E-state index contributed by atoms with van der Waals surface area (Å²) in [4.78, 5) is 50.1. The zero-order valence-corrected chi connectivity index (χ0v) is 11.5. The van der Waals surface area contributed by atoms with Crippen LogP contribution in [0.2, 0.25) is 5.02 Å². The van der Waals surface area contributed by atoms with Gasteiger partial charge >= 0.3 is 11.4 Å². The zero-order valence-electron chi connectivity index (χ0n) is 8.54. The number of rotatable bonds is 0. The molecule has 0 amide bonds. The van der Waals surface area contributed by atoms with Crippen LogP contribution in [0.15, 0.2) is 31.6 Å². The summed E-state index contributed by atoms with van der Waals surface area (Å²) in [5.74, 6) is 0. The van der Waals surface area contributed by atoms with Crippen molar-refractivity contribution in [3.63, 3.8) is 0 Å². The lowest BCUT2D eigenvalue weighted by Crippen LogP contribution is -2.22. The highest BCUT2D eigenvalue weighted by molar-refractivity contribution is 14.1. The molecule has 0 bridgehead atoms. The van der Waals surface area contributed by atoms with E-state index < -0.39 is 16.9 Å². The Bertz CT molecular complexity index is 693. The minimum absolute atomic E-state index is 0.0189. The number of aromatic nitrogens is 4. The number of aromatic amines is 4. The first kappa shape index (κ1) is 14.4. The Labute approximate surface area is 117 Å². The van der Waals surface area contributed by atoms with Crippen molar-refractivity contribution in [2.45, 2.75) is 0 Å². The predicted octanol–water partition coefficient (Wildman–Crippen LogP) is -0.616. The van der Waals surface area contributed by atoms with Crippen LogP contribution in [0.5, 0.6) is 0 Å². The topological polar surface area (TPSA) is 131 Å². The molecule has 0 unspecified atom stereocenters. The maximum atomic E-state index is 10.6. The monoisotopic (exact) mass is 384 g/mol. The molecule has 0 saturated carbocycles. The molecular formula is C8H6ClIN4O4. The van der Waals surface area contributed by atoms with Crippen molar-refractivity contribution >= 4 is 34.2 Å². The highest BCUT2D eigenvalue weighted by atomic mass is 127. The molecule has 2 aromatic rings. The summed E-state index contributed by atoms with van der Waals surface area (Å²) in [5, 5.41) is -0.0189. The summed E-state index contributed by atoms with van der Waals surface area (Å²) in [6.07, 6.45) is 2.50. The minimum atomic E-state index is -0.569. The molecule has 8 nitrogen and oxygen atoms in total. The van der Waals surface area contributed by atoms with Gasteiger partial charge < -0.3 is 9.97 Å². The van der Waals surface area contributed by atoms with Crippen molar-refractivity contribution in [1.82, 2.24) is 19.9 Å².